The molecule has 2 aliphatic heterocycles. The summed E-state index contributed by atoms with van der Waals surface area (Å²) in [6, 6.07) is 8.22. The van der Waals surface area contributed by atoms with Gasteiger partial charge in [0.25, 0.3) is 0 Å². The molecule has 0 saturated carbocycles. The smallest absolute Gasteiger partial charge is 0.335 e. The molecule has 0 spiro atoms. The lowest BCUT2D eigenvalue weighted by molar-refractivity contribution is -0.136. The number of ether oxygens (including phenoxy) is 1. The average molecular weight is 287 g/mol. The van der Waals surface area contributed by atoms with Crippen molar-refractivity contribution >= 4 is 11.5 Å². The highest BCUT2D eigenvalue weighted by Gasteiger charge is 2.47. The monoisotopic (exact) mass is 287 g/mol. The largest absolute Gasteiger partial charge is 0.466 e. The van der Waals surface area contributed by atoms with Crippen LogP contribution in [-0.2, 0) is 9.53 Å². The zero-order valence-corrected chi connectivity index (χ0v) is 12.7. The number of carbonyl (C=O) groups is 1. The van der Waals surface area contributed by atoms with E-state index in [4.69, 9.17) is 4.74 Å². The van der Waals surface area contributed by atoms with E-state index in [0.29, 0.717) is 18.4 Å². The first kappa shape index (κ1) is 14.3. The van der Waals surface area contributed by atoms with E-state index < -0.39 is 0 Å². The van der Waals surface area contributed by atoms with Crippen LogP contribution in [0.1, 0.15) is 24.0 Å². The van der Waals surface area contributed by atoms with Crippen LogP contribution in [0.15, 0.2) is 29.8 Å². The zero-order chi connectivity index (χ0) is 15.1. The van der Waals surface area contributed by atoms with E-state index >= 15 is 0 Å². The summed E-state index contributed by atoms with van der Waals surface area (Å²) in [5, 5.41) is 10.2. The fourth-order valence-corrected chi connectivity index (χ4v) is 3.57. The Hall–Kier alpha value is -1.65. The minimum absolute atomic E-state index is 0.0532. The summed E-state index contributed by atoms with van der Waals surface area (Å²) in [5.74, 6) is -0.282. The number of likely N-dealkylation sites (N-methyl/N-ethyl adjacent to an activating group) is 1. The highest BCUT2D eigenvalue weighted by molar-refractivity contribution is 5.99. The van der Waals surface area contributed by atoms with Gasteiger partial charge in [0.2, 0.25) is 0 Å². The summed E-state index contributed by atoms with van der Waals surface area (Å²) in [4.78, 5) is 14.4. The van der Waals surface area contributed by atoms with Crippen LogP contribution in [0.4, 0.5) is 0 Å². The lowest BCUT2D eigenvalue weighted by atomic mass is 9.88. The second-order valence-electron chi connectivity index (χ2n) is 6.01. The lowest BCUT2D eigenvalue weighted by Crippen LogP contribution is -2.42. The van der Waals surface area contributed by atoms with Crippen LogP contribution in [0, 0.1) is 6.92 Å². The van der Waals surface area contributed by atoms with Gasteiger partial charge in [0, 0.05) is 12.1 Å². The molecule has 3 rings (SSSR count). The van der Waals surface area contributed by atoms with E-state index in [0.717, 1.165) is 11.1 Å². The molecule has 1 aromatic carbocycles. The van der Waals surface area contributed by atoms with Gasteiger partial charge in [-0.3, -0.25) is 4.90 Å². The number of carbonyl (C=O) groups excluding carboxylic acids is 1. The Bertz CT molecular complexity index is 591. The van der Waals surface area contributed by atoms with Crippen LogP contribution in [0.2, 0.25) is 0 Å². The molecular weight excluding hydrogens is 266 g/mol. The van der Waals surface area contributed by atoms with Gasteiger partial charge in [-0.15, -0.1) is 0 Å². The number of nitrogens with zero attached hydrogens (tertiary/aromatic N) is 1. The average Bonchev–Trinajstić information content (AvgIpc) is 2.66. The Balaban J connectivity index is 2.11. The molecule has 1 aromatic rings. The zero-order valence-electron chi connectivity index (χ0n) is 12.7. The molecule has 2 aliphatic rings. The highest BCUT2D eigenvalue weighted by atomic mass is 16.5. The second-order valence-corrected chi connectivity index (χ2v) is 6.01. The number of esters is 1. The number of benzene rings is 1. The molecule has 0 aromatic heterocycles. The van der Waals surface area contributed by atoms with Gasteiger partial charge < -0.3 is 9.84 Å². The second kappa shape index (κ2) is 5.28. The van der Waals surface area contributed by atoms with E-state index in [1.165, 1.54) is 12.7 Å². The van der Waals surface area contributed by atoms with Crippen molar-refractivity contribution in [2.24, 2.45) is 0 Å². The summed E-state index contributed by atoms with van der Waals surface area (Å²) in [6.07, 6.45) is 0.894. The van der Waals surface area contributed by atoms with Gasteiger partial charge in [-0.05, 0) is 37.9 Å². The first-order valence-electron chi connectivity index (χ1n) is 7.31. The molecule has 1 saturated heterocycles. The maximum Gasteiger partial charge on any atom is 0.335 e. The summed E-state index contributed by atoms with van der Waals surface area (Å²) >= 11 is 0. The normalized spacial score (nSPS) is 28.9. The third-order valence-electron chi connectivity index (χ3n) is 4.80. The summed E-state index contributed by atoms with van der Waals surface area (Å²) in [6.45, 7) is 2.04. The fourth-order valence-electron chi connectivity index (χ4n) is 3.57. The Morgan fingerprint density at radius 3 is 2.62 bits per heavy atom. The lowest BCUT2D eigenvalue weighted by Gasteiger charge is -2.34. The predicted octanol–water partition coefficient (Wildman–Crippen LogP) is 1.76. The molecule has 0 amide bonds. The quantitative estimate of drug-likeness (QED) is 0.842. The molecule has 2 heterocycles. The van der Waals surface area contributed by atoms with Gasteiger partial charge in [-0.1, -0.05) is 29.8 Å². The van der Waals surface area contributed by atoms with Crippen molar-refractivity contribution in [3.05, 3.63) is 41.0 Å². The maximum absolute atomic E-state index is 12.3. The number of fused-ring (bicyclic) bond motifs is 2. The van der Waals surface area contributed by atoms with Crippen molar-refractivity contribution in [1.82, 2.24) is 4.90 Å². The van der Waals surface area contributed by atoms with Crippen LogP contribution in [0.3, 0.4) is 0 Å². The van der Waals surface area contributed by atoms with Crippen molar-refractivity contribution in [2.75, 3.05) is 14.2 Å². The predicted molar refractivity (Wildman–Crippen MR) is 80.7 cm³/mol. The van der Waals surface area contributed by atoms with Crippen molar-refractivity contribution in [3.8, 4) is 0 Å². The van der Waals surface area contributed by atoms with Crippen molar-refractivity contribution in [2.45, 2.75) is 38.0 Å². The molecule has 21 heavy (non-hydrogen) atoms. The van der Waals surface area contributed by atoms with Crippen molar-refractivity contribution in [3.63, 3.8) is 0 Å². The van der Waals surface area contributed by atoms with E-state index in [1.807, 2.05) is 38.2 Å². The third-order valence-corrected chi connectivity index (χ3v) is 4.80. The Labute approximate surface area is 125 Å². The molecule has 2 bridgehead atoms. The van der Waals surface area contributed by atoms with Crippen LogP contribution >= 0.6 is 0 Å². The molecule has 0 aliphatic carbocycles. The van der Waals surface area contributed by atoms with Crippen LogP contribution in [0.25, 0.3) is 5.57 Å². The number of hydrogen-bond donors (Lipinski definition) is 1. The molecule has 0 unspecified atom stereocenters. The van der Waals surface area contributed by atoms with E-state index in [1.54, 1.807) is 0 Å². The molecule has 3 atom stereocenters. The van der Waals surface area contributed by atoms with E-state index in [2.05, 4.69) is 4.90 Å². The van der Waals surface area contributed by atoms with Crippen molar-refractivity contribution < 1.29 is 14.6 Å². The molecular formula is C17H21NO3. The standard InChI is InChI=1S/C17H21NO3/c1-10-4-6-11(7-5-10)12-8-13-15(19)9-14(18(13)2)16(12)17(20)21-3/h4-7,13-15,19H,8-9H2,1-3H3/t13-,14-,15+/m1/s1. The first-order chi connectivity index (χ1) is 10.0. The third kappa shape index (κ3) is 2.28. The molecule has 1 N–H and O–H groups in total. The molecule has 0 radical (unpaired) electrons. The Kier molecular flexibility index (Phi) is 3.59. The number of aliphatic hydroxyl groups excluding tert-OH is 1. The Morgan fingerprint density at radius 1 is 1.33 bits per heavy atom. The van der Waals surface area contributed by atoms with Gasteiger partial charge in [0.05, 0.1) is 18.8 Å². The van der Waals surface area contributed by atoms with Crippen LogP contribution in [-0.4, -0.2) is 48.3 Å². The number of methoxy groups -OCH3 is 1. The number of rotatable bonds is 2. The minimum atomic E-state index is -0.386. The van der Waals surface area contributed by atoms with E-state index in [9.17, 15) is 9.90 Å². The van der Waals surface area contributed by atoms with Gasteiger partial charge in [-0.25, -0.2) is 4.79 Å². The fraction of sp³-hybridized carbons (Fsp3) is 0.471. The molecule has 112 valence electrons. The van der Waals surface area contributed by atoms with Gasteiger partial charge in [-0.2, -0.15) is 0 Å². The van der Waals surface area contributed by atoms with Gasteiger partial charge in [0.15, 0.2) is 0 Å². The van der Waals surface area contributed by atoms with Gasteiger partial charge in [0.1, 0.15) is 0 Å². The van der Waals surface area contributed by atoms with E-state index in [-0.39, 0.29) is 24.2 Å². The Morgan fingerprint density at radius 2 is 2.00 bits per heavy atom. The van der Waals surface area contributed by atoms with Crippen molar-refractivity contribution in [1.29, 1.82) is 0 Å². The van der Waals surface area contributed by atoms with Crippen LogP contribution < -0.4 is 0 Å². The van der Waals surface area contributed by atoms with Gasteiger partial charge >= 0.3 is 5.97 Å². The first-order valence-corrected chi connectivity index (χ1v) is 7.31. The minimum Gasteiger partial charge on any atom is -0.466 e. The molecule has 1 fully saturated rings. The number of hydrogen-bond acceptors (Lipinski definition) is 4. The highest BCUT2D eigenvalue weighted by Crippen LogP contribution is 2.42. The SMILES string of the molecule is COC(=O)C1=C(c2ccc(C)cc2)C[C@@H]2[C@@H](O)C[C@H]1N2C. The maximum atomic E-state index is 12.3. The summed E-state index contributed by atoms with van der Waals surface area (Å²) in [5.41, 5.74) is 3.97. The summed E-state index contributed by atoms with van der Waals surface area (Å²) < 4.78 is 4.99. The number of aliphatic hydroxyl groups is 1. The topological polar surface area (TPSA) is 49.8 Å². The number of aryl methyl sites for hydroxylation is 1. The molecule has 4 nitrogen and oxygen atoms in total. The van der Waals surface area contributed by atoms with Crippen LogP contribution in [0.5, 0.6) is 0 Å². The molecule has 4 heteroatoms. The summed E-state index contributed by atoms with van der Waals surface area (Å²) in [7, 11) is 3.39.